The Kier molecular flexibility index (Phi) is 4.84. The van der Waals surface area contributed by atoms with Gasteiger partial charge in [0.15, 0.2) is 0 Å². The number of carbonyl (C=O) groups excluding carboxylic acids is 2. The molecule has 134 valence electrons. The van der Waals surface area contributed by atoms with Crippen LogP contribution >= 0.6 is 0 Å². The average molecular weight is 342 g/mol. The Morgan fingerprint density at radius 2 is 2.04 bits per heavy atom. The van der Waals surface area contributed by atoms with Gasteiger partial charge in [-0.3, -0.25) is 9.59 Å². The molecule has 5 heteroatoms. The molecule has 2 heterocycles. The highest BCUT2D eigenvalue weighted by atomic mass is 16.3. The van der Waals surface area contributed by atoms with E-state index < -0.39 is 0 Å². The first kappa shape index (κ1) is 17.5. The van der Waals surface area contributed by atoms with Crippen molar-refractivity contribution in [2.45, 2.75) is 33.2 Å². The average Bonchev–Trinajstić information content (AvgIpc) is 3.16. The van der Waals surface area contributed by atoms with Crippen molar-refractivity contribution < 1.29 is 14.0 Å². The van der Waals surface area contributed by atoms with Crippen LogP contribution in [0.25, 0.3) is 11.0 Å². The van der Waals surface area contributed by atoms with E-state index in [1.165, 1.54) is 0 Å². The van der Waals surface area contributed by atoms with Crippen molar-refractivity contribution in [2.75, 3.05) is 20.1 Å². The first-order valence-corrected chi connectivity index (χ1v) is 8.89. The molecule has 0 bridgehead atoms. The van der Waals surface area contributed by atoms with Gasteiger partial charge in [-0.15, -0.1) is 0 Å². The zero-order valence-electron chi connectivity index (χ0n) is 15.4. The van der Waals surface area contributed by atoms with E-state index in [4.69, 9.17) is 4.42 Å². The highest BCUT2D eigenvalue weighted by Gasteiger charge is 2.37. The Balaban J connectivity index is 1.70. The topological polar surface area (TPSA) is 53.8 Å². The van der Waals surface area contributed by atoms with Crippen molar-refractivity contribution in [3.05, 3.63) is 36.1 Å². The van der Waals surface area contributed by atoms with Crippen molar-refractivity contribution in [3.63, 3.8) is 0 Å². The van der Waals surface area contributed by atoms with Crippen LogP contribution in [0.1, 0.15) is 39.0 Å². The number of hydrogen-bond donors (Lipinski definition) is 0. The second kappa shape index (κ2) is 6.90. The van der Waals surface area contributed by atoms with Gasteiger partial charge in [-0.25, -0.2) is 0 Å². The van der Waals surface area contributed by atoms with Gasteiger partial charge in [-0.1, -0.05) is 32.0 Å². The van der Waals surface area contributed by atoms with Gasteiger partial charge in [0.2, 0.25) is 11.8 Å². The molecule has 1 aliphatic rings. The first-order valence-electron chi connectivity index (χ1n) is 8.89. The number of rotatable bonds is 5. The highest BCUT2D eigenvalue weighted by molar-refractivity contribution is 5.89. The molecule has 0 spiro atoms. The summed E-state index contributed by atoms with van der Waals surface area (Å²) >= 11 is 0. The maximum atomic E-state index is 12.9. The van der Waals surface area contributed by atoms with Gasteiger partial charge in [-0.05, 0) is 25.0 Å². The first-order chi connectivity index (χ1) is 11.9. The predicted molar refractivity (Wildman–Crippen MR) is 96.9 cm³/mol. The SMILES string of the molecule is CC(C)CN1C[C@@H](C(=O)N(C)[C@@H](C)c2cc3ccccc3o2)CC1=O. The largest absolute Gasteiger partial charge is 0.459 e. The zero-order chi connectivity index (χ0) is 18.1. The molecule has 5 nitrogen and oxygen atoms in total. The fourth-order valence-corrected chi connectivity index (χ4v) is 3.43. The Labute approximate surface area is 148 Å². The van der Waals surface area contributed by atoms with Crippen molar-refractivity contribution in [1.82, 2.24) is 9.80 Å². The molecule has 2 atom stereocenters. The van der Waals surface area contributed by atoms with E-state index in [0.717, 1.165) is 16.7 Å². The van der Waals surface area contributed by atoms with E-state index in [1.807, 2.05) is 42.2 Å². The third kappa shape index (κ3) is 3.55. The van der Waals surface area contributed by atoms with E-state index in [1.54, 1.807) is 11.9 Å². The molecular weight excluding hydrogens is 316 g/mol. The van der Waals surface area contributed by atoms with Gasteiger partial charge in [0.05, 0.1) is 12.0 Å². The van der Waals surface area contributed by atoms with Crippen molar-refractivity contribution in [3.8, 4) is 0 Å². The molecule has 1 aromatic carbocycles. The fourth-order valence-electron chi connectivity index (χ4n) is 3.43. The monoisotopic (exact) mass is 342 g/mol. The lowest BCUT2D eigenvalue weighted by Crippen LogP contribution is -2.36. The van der Waals surface area contributed by atoms with Crippen LogP contribution in [0.5, 0.6) is 0 Å². The highest BCUT2D eigenvalue weighted by Crippen LogP contribution is 2.29. The van der Waals surface area contributed by atoms with Gasteiger partial charge in [0.1, 0.15) is 11.3 Å². The number of likely N-dealkylation sites (tertiary alicyclic amines) is 1. The smallest absolute Gasteiger partial charge is 0.228 e. The maximum absolute atomic E-state index is 12.9. The summed E-state index contributed by atoms with van der Waals surface area (Å²) in [6.07, 6.45) is 0.308. The van der Waals surface area contributed by atoms with Crippen LogP contribution in [0.2, 0.25) is 0 Å². The predicted octanol–water partition coefficient (Wildman–Crippen LogP) is 3.46. The Morgan fingerprint density at radius 1 is 1.32 bits per heavy atom. The number of para-hydroxylation sites is 1. The van der Waals surface area contributed by atoms with Gasteiger partial charge in [0.25, 0.3) is 0 Å². The molecule has 25 heavy (non-hydrogen) atoms. The van der Waals surface area contributed by atoms with Gasteiger partial charge >= 0.3 is 0 Å². The summed E-state index contributed by atoms with van der Waals surface area (Å²) in [5, 5.41) is 1.03. The number of carbonyl (C=O) groups is 2. The van der Waals surface area contributed by atoms with Crippen LogP contribution in [-0.2, 0) is 9.59 Å². The number of hydrogen-bond acceptors (Lipinski definition) is 3. The third-order valence-corrected chi connectivity index (χ3v) is 4.93. The number of fused-ring (bicyclic) bond motifs is 1. The quantitative estimate of drug-likeness (QED) is 0.836. The zero-order valence-corrected chi connectivity index (χ0v) is 15.4. The molecule has 1 fully saturated rings. The van der Waals surface area contributed by atoms with Gasteiger partial charge in [0, 0.05) is 31.9 Å². The molecule has 0 N–H and O–H groups in total. The second-order valence-electron chi connectivity index (χ2n) is 7.41. The lowest BCUT2D eigenvalue weighted by Gasteiger charge is -2.26. The van der Waals surface area contributed by atoms with Crippen LogP contribution in [0, 0.1) is 11.8 Å². The van der Waals surface area contributed by atoms with E-state index >= 15 is 0 Å². The molecule has 0 radical (unpaired) electrons. The molecule has 1 saturated heterocycles. The summed E-state index contributed by atoms with van der Waals surface area (Å²) in [5.74, 6) is 0.998. The van der Waals surface area contributed by atoms with E-state index in [9.17, 15) is 9.59 Å². The standard InChI is InChI=1S/C20H26N2O3/c1-13(2)11-22-12-16(10-19(22)23)20(24)21(4)14(3)18-9-15-7-5-6-8-17(15)25-18/h5-9,13-14,16H,10-12H2,1-4H3/t14-,16-/m0/s1. The van der Waals surface area contributed by atoms with Crippen LogP contribution in [0.15, 0.2) is 34.7 Å². The summed E-state index contributed by atoms with van der Waals surface area (Å²) in [6, 6.07) is 9.63. The molecule has 1 aromatic heterocycles. The molecule has 2 amide bonds. The van der Waals surface area contributed by atoms with E-state index in [2.05, 4.69) is 13.8 Å². The van der Waals surface area contributed by atoms with Crippen LogP contribution < -0.4 is 0 Å². The normalized spacial score (nSPS) is 19.0. The molecule has 3 rings (SSSR count). The van der Waals surface area contributed by atoms with Crippen LogP contribution in [0.3, 0.4) is 0 Å². The number of furan rings is 1. The Hall–Kier alpha value is -2.30. The number of amides is 2. The summed E-state index contributed by atoms with van der Waals surface area (Å²) in [4.78, 5) is 28.5. The van der Waals surface area contributed by atoms with Crippen LogP contribution in [-0.4, -0.2) is 41.8 Å². The lowest BCUT2D eigenvalue weighted by atomic mass is 10.1. The minimum absolute atomic E-state index is 0.00700. The molecular formula is C20H26N2O3. The lowest BCUT2D eigenvalue weighted by molar-refractivity contribution is -0.136. The van der Waals surface area contributed by atoms with Gasteiger partial charge < -0.3 is 14.2 Å². The third-order valence-electron chi connectivity index (χ3n) is 4.93. The van der Waals surface area contributed by atoms with E-state index in [0.29, 0.717) is 25.4 Å². The summed E-state index contributed by atoms with van der Waals surface area (Å²) in [5.41, 5.74) is 0.823. The fraction of sp³-hybridized carbons (Fsp3) is 0.500. The van der Waals surface area contributed by atoms with Crippen molar-refractivity contribution in [1.29, 1.82) is 0 Å². The molecule has 0 unspecified atom stereocenters. The van der Waals surface area contributed by atoms with Crippen LogP contribution in [0.4, 0.5) is 0 Å². The van der Waals surface area contributed by atoms with Gasteiger partial charge in [-0.2, -0.15) is 0 Å². The summed E-state index contributed by atoms with van der Waals surface area (Å²) in [7, 11) is 1.79. The minimum atomic E-state index is -0.261. The molecule has 2 aromatic rings. The number of nitrogens with zero attached hydrogens (tertiary/aromatic N) is 2. The molecule has 0 saturated carbocycles. The maximum Gasteiger partial charge on any atom is 0.228 e. The molecule has 0 aliphatic carbocycles. The van der Waals surface area contributed by atoms with Crippen molar-refractivity contribution in [2.24, 2.45) is 11.8 Å². The Morgan fingerprint density at radius 3 is 2.72 bits per heavy atom. The second-order valence-corrected chi connectivity index (χ2v) is 7.41. The summed E-state index contributed by atoms with van der Waals surface area (Å²) < 4.78 is 5.89. The van der Waals surface area contributed by atoms with E-state index in [-0.39, 0.29) is 23.8 Å². The summed E-state index contributed by atoms with van der Waals surface area (Å²) in [6.45, 7) is 7.35. The molecule has 1 aliphatic heterocycles. The Bertz CT molecular complexity index is 747. The minimum Gasteiger partial charge on any atom is -0.459 e. The van der Waals surface area contributed by atoms with Crippen molar-refractivity contribution >= 4 is 22.8 Å². The number of benzene rings is 1.